The molecule has 5 rings (SSSR count). The Hall–Kier alpha value is -2.39. The van der Waals surface area contributed by atoms with E-state index >= 15 is 0 Å². The van der Waals surface area contributed by atoms with Gasteiger partial charge < -0.3 is 31.5 Å². The molecule has 1 aromatic rings. The molecule has 1 aromatic carbocycles. The Kier molecular flexibility index (Phi) is 14.7. The van der Waals surface area contributed by atoms with E-state index in [0.717, 1.165) is 65.0 Å². The largest absolute Gasteiger partial charge is 0.396 e. The molecule has 1 spiro atoms. The highest BCUT2D eigenvalue weighted by atomic mass is 33.1. The molecule has 2 heterocycles. The Bertz CT molecular complexity index is 1630. The first-order valence-electron chi connectivity index (χ1n) is 18.9. The fraction of sp³-hybridized carbons (Fsp3) is 0.558. The molecule has 0 aromatic heterocycles. The van der Waals surface area contributed by atoms with Crippen LogP contribution in [0.5, 0.6) is 0 Å². The Morgan fingerprint density at radius 2 is 2.02 bits per heavy atom. The van der Waals surface area contributed by atoms with Crippen LogP contribution in [0.25, 0.3) is 0 Å². The minimum atomic E-state index is -1.19. The number of carbonyl (C=O) groups excluding carboxylic acids is 1. The van der Waals surface area contributed by atoms with Crippen molar-refractivity contribution in [3.05, 3.63) is 94.1 Å². The molecule has 6 atom stereocenters. The van der Waals surface area contributed by atoms with Gasteiger partial charge in [-0.05, 0) is 99.8 Å². The van der Waals surface area contributed by atoms with Gasteiger partial charge in [0.25, 0.3) is 0 Å². The van der Waals surface area contributed by atoms with Gasteiger partial charge in [0.2, 0.25) is 0 Å². The van der Waals surface area contributed by atoms with Crippen molar-refractivity contribution in [1.29, 1.82) is 0 Å². The summed E-state index contributed by atoms with van der Waals surface area (Å²) in [6.45, 7) is 8.35. The molecule has 282 valence electrons. The van der Waals surface area contributed by atoms with Gasteiger partial charge in [0.15, 0.2) is 5.78 Å². The molecule has 0 amide bonds. The average molecular weight is 747 g/mol. The van der Waals surface area contributed by atoms with E-state index < -0.39 is 23.3 Å². The number of rotatable bonds is 8. The molecule has 2 aliphatic heterocycles. The van der Waals surface area contributed by atoms with Gasteiger partial charge in [0, 0.05) is 42.3 Å². The van der Waals surface area contributed by atoms with Crippen molar-refractivity contribution in [1.82, 2.24) is 0 Å². The number of hydrogen-bond donors (Lipinski definition) is 5. The van der Waals surface area contributed by atoms with Gasteiger partial charge in [-0.3, -0.25) is 4.79 Å². The molecule has 4 aliphatic rings. The molecule has 7 nitrogen and oxygen atoms in total. The second kappa shape index (κ2) is 18.8. The van der Waals surface area contributed by atoms with Crippen LogP contribution in [-0.4, -0.2) is 63.6 Å². The predicted molar refractivity (Wildman–Crippen MR) is 215 cm³/mol. The van der Waals surface area contributed by atoms with E-state index in [-0.39, 0.29) is 36.8 Å². The highest BCUT2D eigenvalue weighted by Gasteiger charge is 2.64. The molecule has 0 saturated heterocycles. The van der Waals surface area contributed by atoms with Crippen molar-refractivity contribution in [2.24, 2.45) is 28.7 Å². The number of Topliss-reactive ketones (excluding diaryl/α,β-unsaturated/α-hetero) is 1. The molecule has 52 heavy (non-hydrogen) atoms. The van der Waals surface area contributed by atoms with Crippen LogP contribution >= 0.6 is 21.6 Å². The highest BCUT2D eigenvalue weighted by molar-refractivity contribution is 8.76. The lowest BCUT2D eigenvalue weighted by Gasteiger charge is -2.55. The van der Waals surface area contributed by atoms with Gasteiger partial charge in [-0.1, -0.05) is 105 Å². The first kappa shape index (κ1) is 40.8. The zero-order chi connectivity index (χ0) is 37.3. The van der Waals surface area contributed by atoms with E-state index in [9.17, 15) is 20.1 Å². The summed E-state index contributed by atoms with van der Waals surface area (Å²) in [7, 11) is 3.66. The van der Waals surface area contributed by atoms with Crippen LogP contribution in [0.1, 0.15) is 95.3 Å². The van der Waals surface area contributed by atoms with Crippen molar-refractivity contribution in [3.8, 4) is 11.8 Å². The third kappa shape index (κ3) is 9.64. The van der Waals surface area contributed by atoms with E-state index in [1.807, 2.05) is 55.0 Å². The molecule has 0 unspecified atom stereocenters. The molecule has 2 saturated carbocycles. The summed E-state index contributed by atoms with van der Waals surface area (Å²) >= 11 is 0. The van der Waals surface area contributed by atoms with Gasteiger partial charge >= 0.3 is 0 Å². The number of ether oxygens (including phenoxy) is 1. The Labute approximate surface area is 318 Å². The maximum Gasteiger partial charge on any atom is 0.162 e. The predicted octanol–water partition coefficient (Wildman–Crippen LogP) is 7.04. The third-order valence-corrected chi connectivity index (χ3v) is 14.2. The van der Waals surface area contributed by atoms with Crippen LogP contribution in [0.15, 0.2) is 83.0 Å². The molecule has 2 aliphatic carbocycles. The van der Waals surface area contributed by atoms with E-state index in [0.29, 0.717) is 50.7 Å². The molecule has 9 heteroatoms. The lowest BCUT2D eigenvalue weighted by molar-refractivity contribution is -0.168. The van der Waals surface area contributed by atoms with Crippen molar-refractivity contribution < 1.29 is 24.9 Å². The van der Waals surface area contributed by atoms with Crippen molar-refractivity contribution in [2.45, 2.75) is 108 Å². The number of hydrogen-bond acceptors (Lipinski definition) is 9. The number of ketones is 1. The summed E-state index contributed by atoms with van der Waals surface area (Å²) in [5, 5.41) is 35.0. The average Bonchev–Trinajstić information content (AvgIpc) is 3.46. The van der Waals surface area contributed by atoms with Crippen LogP contribution in [-0.2, 0) is 16.0 Å². The number of aliphatic hydroxyl groups is 3. The molecule has 0 radical (unpaired) electrons. The van der Waals surface area contributed by atoms with E-state index in [2.05, 4.69) is 36.6 Å². The summed E-state index contributed by atoms with van der Waals surface area (Å²) in [5.74, 6) is 8.03. The van der Waals surface area contributed by atoms with Gasteiger partial charge in [-0.15, -0.1) is 0 Å². The SMILES string of the molecule is C=C1/C=C/C=C(/[C@H]2CC[C@@]3([C@H](CCCO)/C(=C(\C)C(=O)Cc4cccc(C(N)N)c4)CC[C@@]3(C)O)[C@@H]2O)CO[C@@H]2C#CC/C(=C\CC1)CCSSC2. The number of benzene rings is 1. The summed E-state index contributed by atoms with van der Waals surface area (Å²) in [6, 6.07) is 7.52. The molecular weight excluding hydrogens is 689 g/mol. The molecule has 7 N–H and O–H groups in total. The standard InChI is InChI=1S/C43H58N2O5S2/c1-29-9-4-11-31-12-7-16-35(28-52-51-24-20-31)50-27-34(15-5-10-29)37-19-22-43(40(37)48)38(17-8-23-46)36(18-21-42(43,3)49)30(2)39(47)26-32-13-6-14-33(25-32)41(44)45/h5-6,10-11,13-15,25,35,37-38,40-41,46,48-49H,1,4,8-9,12,17-24,26-28,44-45H2,2-3H3/b10-5+,31-11+,34-15+,36-30+/t35-,37-,38-,40-,42-,43-/m1/s1. The highest BCUT2D eigenvalue weighted by Crippen LogP contribution is 2.63. The van der Waals surface area contributed by atoms with Gasteiger partial charge in [-0.2, -0.15) is 0 Å². The molecular formula is C43H58N2O5S2. The van der Waals surface area contributed by atoms with Crippen LogP contribution in [0.2, 0.25) is 0 Å². The quantitative estimate of drug-likeness (QED) is 0.0623. The van der Waals surface area contributed by atoms with E-state index in [1.54, 1.807) is 10.8 Å². The summed E-state index contributed by atoms with van der Waals surface area (Å²) in [5.41, 5.74) is 16.4. The first-order valence-corrected chi connectivity index (χ1v) is 21.4. The Morgan fingerprint density at radius 3 is 2.81 bits per heavy atom. The maximum atomic E-state index is 13.9. The van der Waals surface area contributed by atoms with Crippen LogP contribution in [0.3, 0.4) is 0 Å². The second-order valence-corrected chi connectivity index (χ2v) is 17.8. The normalized spacial score (nSPS) is 34.0. The maximum absolute atomic E-state index is 13.9. The fourth-order valence-corrected chi connectivity index (χ4v) is 10.9. The fourth-order valence-electron chi connectivity index (χ4n) is 8.81. The van der Waals surface area contributed by atoms with Gasteiger partial charge in [0.1, 0.15) is 6.10 Å². The van der Waals surface area contributed by atoms with E-state index in [4.69, 9.17) is 16.2 Å². The molecule has 2 bridgehead atoms. The van der Waals surface area contributed by atoms with Crippen molar-refractivity contribution >= 4 is 27.4 Å². The first-order chi connectivity index (χ1) is 25.0. The van der Waals surface area contributed by atoms with Crippen LogP contribution < -0.4 is 11.5 Å². The van der Waals surface area contributed by atoms with Gasteiger partial charge in [-0.25, -0.2) is 0 Å². The number of nitrogens with two attached hydrogens (primary N) is 2. The lowest BCUT2D eigenvalue weighted by Crippen LogP contribution is -2.59. The van der Waals surface area contributed by atoms with Gasteiger partial charge in [0.05, 0.1) is 24.5 Å². The zero-order valence-electron chi connectivity index (χ0n) is 30.9. The lowest BCUT2D eigenvalue weighted by atomic mass is 9.52. The topological polar surface area (TPSA) is 139 Å². The zero-order valence-corrected chi connectivity index (χ0v) is 32.6. The van der Waals surface area contributed by atoms with Crippen LogP contribution in [0.4, 0.5) is 0 Å². The smallest absolute Gasteiger partial charge is 0.162 e. The number of aliphatic hydroxyl groups excluding tert-OH is 2. The van der Waals surface area contributed by atoms with Crippen molar-refractivity contribution in [3.63, 3.8) is 0 Å². The third-order valence-electron chi connectivity index (χ3n) is 11.8. The Morgan fingerprint density at radius 1 is 1.19 bits per heavy atom. The number of fused-ring (bicyclic) bond motifs is 3. The van der Waals surface area contributed by atoms with E-state index in [1.165, 1.54) is 5.57 Å². The van der Waals surface area contributed by atoms with Crippen LogP contribution in [0, 0.1) is 29.1 Å². The minimum Gasteiger partial charge on any atom is -0.396 e. The number of allylic oxidation sites excluding steroid dienone is 8. The minimum absolute atomic E-state index is 0.000877. The molecule has 2 fully saturated rings. The summed E-state index contributed by atoms with van der Waals surface area (Å²) < 4.78 is 6.54. The summed E-state index contributed by atoms with van der Waals surface area (Å²) in [4.78, 5) is 13.9. The number of carbonyl (C=O) groups is 1. The summed E-state index contributed by atoms with van der Waals surface area (Å²) in [6.07, 6.45) is 13.8. The second-order valence-electron chi connectivity index (χ2n) is 15.2. The monoisotopic (exact) mass is 746 g/mol. The van der Waals surface area contributed by atoms with Crippen molar-refractivity contribution in [2.75, 3.05) is 24.7 Å². The Balaban J connectivity index is 1.48.